The molecule has 0 bridgehead atoms. The molecule has 1 aromatic rings. The molecule has 1 saturated carbocycles. The smallest absolute Gasteiger partial charge is 0.244 e. The Hall–Kier alpha value is -0.980. The van der Waals surface area contributed by atoms with Gasteiger partial charge >= 0.3 is 0 Å². The second-order valence-electron chi connectivity index (χ2n) is 5.64. The van der Waals surface area contributed by atoms with E-state index < -0.39 is 10.0 Å². The molecule has 0 N–H and O–H groups in total. The molecule has 0 spiro atoms. The van der Waals surface area contributed by atoms with Crippen molar-refractivity contribution in [3.8, 4) is 0 Å². The van der Waals surface area contributed by atoms with Crippen LogP contribution in [0.5, 0.6) is 0 Å². The van der Waals surface area contributed by atoms with Crippen LogP contribution in [0.25, 0.3) is 0 Å². The molecular formula is C14H20N2O3S. The number of aromatic nitrogens is 1. The van der Waals surface area contributed by atoms with E-state index in [1.165, 1.54) is 6.20 Å². The van der Waals surface area contributed by atoms with Crippen molar-refractivity contribution in [2.24, 2.45) is 11.8 Å². The molecule has 0 radical (unpaired) electrons. The summed E-state index contributed by atoms with van der Waals surface area (Å²) in [6.07, 6.45) is 6.47. The third-order valence-electron chi connectivity index (χ3n) is 4.57. The summed E-state index contributed by atoms with van der Waals surface area (Å²) in [4.78, 5) is 4.20. The number of nitrogens with zero attached hydrogens (tertiary/aromatic N) is 2. The van der Waals surface area contributed by atoms with E-state index in [0.717, 1.165) is 19.3 Å². The summed E-state index contributed by atoms with van der Waals surface area (Å²) in [5.41, 5.74) is 0. The quantitative estimate of drug-likeness (QED) is 0.848. The van der Waals surface area contributed by atoms with Crippen molar-refractivity contribution in [1.29, 1.82) is 0 Å². The zero-order valence-electron chi connectivity index (χ0n) is 11.6. The summed E-state index contributed by atoms with van der Waals surface area (Å²) in [5.74, 6) is 0.764. The van der Waals surface area contributed by atoms with Crippen molar-refractivity contribution in [3.63, 3.8) is 0 Å². The fourth-order valence-electron chi connectivity index (χ4n) is 3.52. The molecule has 6 heteroatoms. The van der Waals surface area contributed by atoms with E-state index in [4.69, 9.17) is 4.74 Å². The minimum Gasteiger partial charge on any atom is -0.381 e. The van der Waals surface area contributed by atoms with Gasteiger partial charge in [-0.15, -0.1) is 0 Å². The van der Waals surface area contributed by atoms with Gasteiger partial charge in [0.15, 0.2) is 0 Å². The molecule has 0 amide bonds. The first-order valence-corrected chi connectivity index (χ1v) is 8.50. The summed E-state index contributed by atoms with van der Waals surface area (Å²) in [5, 5.41) is 0. The molecule has 2 fully saturated rings. The van der Waals surface area contributed by atoms with Gasteiger partial charge in [-0.05, 0) is 30.9 Å². The van der Waals surface area contributed by atoms with E-state index in [1.54, 1.807) is 29.7 Å². The van der Waals surface area contributed by atoms with Crippen LogP contribution in [-0.2, 0) is 14.8 Å². The molecule has 0 aromatic carbocycles. The van der Waals surface area contributed by atoms with Crippen LogP contribution >= 0.6 is 0 Å². The predicted molar refractivity (Wildman–Crippen MR) is 74.6 cm³/mol. The Balaban J connectivity index is 1.83. The molecule has 3 rings (SSSR count). The number of sulfonamides is 1. The van der Waals surface area contributed by atoms with E-state index >= 15 is 0 Å². The number of hydrogen-bond donors (Lipinski definition) is 0. The van der Waals surface area contributed by atoms with Crippen LogP contribution in [0.4, 0.5) is 0 Å². The summed E-state index contributed by atoms with van der Waals surface area (Å²) in [7, 11) is -1.69. The maximum absolute atomic E-state index is 12.6. The first kappa shape index (κ1) is 14.0. The van der Waals surface area contributed by atoms with Crippen LogP contribution in [0.3, 0.4) is 0 Å². The van der Waals surface area contributed by atoms with Gasteiger partial charge in [0.1, 0.15) is 4.90 Å². The lowest BCUT2D eigenvalue weighted by Gasteiger charge is -2.31. The maximum Gasteiger partial charge on any atom is 0.244 e. The van der Waals surface area contributed by atoms with Gasteiger partial charge in [-0.3, -0.25) is 4.98 Å². The van der Waals surface area contributed by atoms with Crippen LogP contribution in [0.15, 0.2) is 29.4 Å². The third-order valence-corrected chi connectivity index (χ3v) is 6.39. The molecule has 0 unspecified atom stereocenters. The average Bonchev–Trinajstić information content (AvgIpc) is 2.93. The fourth-order valence-corrected chi connectivity index (χ4v) is 5.01. The molecule has 1 aliphatic carbocycles. The highest BCUT2D eigenvalue weighted by Crippen LogP contribution is 2.39. The fraction of sp³-hybridized carbons (Fsp3) is 0.643. The summed E-state index contributed by atoms with van der Waals surface area (Å²) in [6, 6.07) is 3.27. The van der Waals surface area contributed by atoms with Crippen molar-refractivity contribution < 1.29 is 13.2 Å². The van der Waals surface area contributed by atoms with Crippen LogP contribution in [0.1, 0.15) is 19.3 Å². The van der Waals surface area contributed by atoms with Gasteiger partial charge in [0, 0.05) is 38.5 Å². The highest BCUT2D eigenvalue weighted by molar-refractivity contribution is 7.89. The summed E-state index contributed by atoms with van der Waals surface area (Å²) >= 11 is 0. The molecule has 1 saturated heterocycles. The van der Waals surface area contributed by atoms with Crippen LogP contribution in [0, 0.1) is 11.8 Å². The maximum atomic E-state index is 12.6. The Kier molecular flexibility index (Phi) is 3.79. The summed E-state index contributed by atoms with van der Waals surface area (Å²) in [6.45, 7) is 1.18. The van der Waals surface area contributed by atoms with Gasteiger partial charge in [0.2, 0.25) is 10.0 Å². The van der Waals surface area contributed by atoms with Crippen molar-refractivity contribution in [1.82, 2.24) is 9.29 Å². The Bertz CT molecular complexity index is 561. The lowest BCUT2D eigenvalue weighted by atomic mass is 9.79. The lowest BCUT2D eigenvalue weighted by molar-refractivity contribution is 0.0133. The third kappa shape index (κ3) is 2.36. The summed E-state index contributed by atoms with van der Waals surface area (Å²) < 4.78 is 32.4. The second kappa shape index (κ2) is 5.42. The largest absolute Gasteiger partial charge is 0.381 e. The molecular weight excluding hydrogens is 276 g/mol. The van der Waals surface area contributed by atoms with Crippen molar-refractivity contribution in [3.05, 3.63) is 24.5 Å². The SMILES string of the molecule is CO[C@@H]1CCC[C@@H]2CN(S(=O)(=O)c3cccnc3)C[C@@H]21. The van der Waals surface area contributed by atoms with E-state index in [-0.39, 0.29) is 11.0 Å². The molecule has 2 heterocycles. The van der Waals surface area contributed by atoms with Gasteiger partial charge in [0.25, 0.3) is 0 Å². The zero-order valence-corrected chi connectivity index (χ0v) is 12.4. The molecule has 1 aromatic heterocycles. The highest BCUT2D eigenvalue weighted by atomic mass is 32.2. The second-order valence-corrected chi connectivity index (χ2v) is 7.58. The van der Waals surface area contributed by atoms with Gasteiger partial charge in [0.05, 0.1) is 6.10 Å². The van der Waals surface area contributed by atoms with Gasteiger partial charge in [-0.2, -0.15) is 4.31 Å². The first-order chi connectivity index (χ1) is 9.63. The van der Waals surface area contributed by atoms with Gasteiger partial charge in [-0.1, -0.05) is 6.42 Å². The van der Waals surface area contributed by atoms with Gasteiger partial charge < -0.3 is 4.74 Å². The number of ether oxygens (including phenoxy) is 1. The highest BCUT2D eigenvalue weighted by Gasteiger charge is 2.44. The van der Waals surface area contributed by atoms with Crippen LogP contribution < -0.4 is 0 Å². The topological polar surface area (TPSA) is 59.5 Å². The molecule has 110 valence electrons. The first-order valence-electron chi connectivity index (χ1n) is 7.06. The lowest BCUT2D eigenvalue weighted by Crippen LogP contribution is -2.33. The Morgan fingerprint density at radius 1 is 1.35 bits per heavy atom. The molecule has 2 aliphatic rings. The van der Waals surface area contributed by atoms with E-state index in [1.807, 2.05) is 0 Å². The minimum absolute atomic E-state index is 0.197. The van der Waals surface area contributed by atoms with Crippen LogP contribution in [-0.4, -0.2) is 44.0 Å². The number of methoxy groups -OCH3 is 1. The number of hydrogen-bond acceptors (Lipinski definition) is 4. The normalized spacial score (nSPS) is 31.1. The average molecular weight is 296 g/mol. The molecule has 1 aliphatic heterocycles. The minimum atomic E-state index is -3.41. The number of pyridine rings is 1. The molecule has 3 atom stereocenters. The number of fused-ring (bicyclic) bond motifs is 1. The van der Waals surface area contributed by atoms with Crippen LogP contribution in [0.2, 0.25) is 0 Å². The Morgan fingerprint density at radius 3 is 2.90 bits per heavy atom. The van der Waals surface area contributed by atoms with Crippen molar-refractivity contribution in [2.45, 2.75) is 30.3 Å². The predicted octanol–water partition coefficient (Wildman–Crippen LogP) is 1.52. The zero-order chi connectivity index (χ0) is 14.2. The number of rotatable bonds is 3. The standard InChI is InChI=1S/C14H20N2O3S/c1-19-14-6-2-4-11-9-16(10-13(11)14)20(17,18)12-5-3-7-15-8-12/h3,5,7-8,11,13-14H,2,4,6,9-10H2,1H3/t11-,13+,14-/m1/s1. The Labute approximate surface area is 120 Å². The molecule has 20 heavy (non-hydrogen) atoms. The monoisotopic (exact) mass is 296 g/mol. The molecule has 5 nitrogen and oxygen atoms in total. The van der Waals surface area contributed by atoms with Crippen molar-refractivity contribution >= 4 is 10.0 Å². The van der Waals surface area contributed by atoms with Gasteiger partial charge in [-0.25, -0.2) is 8.42 Å². The van der Waals surface area contributed by atoms with Crippen molar-refractivity contribution in [2.75, 3.05) is 20.2 Å². The van der Waals surface area contributed by atoms with E-state index in [2.05, 4.69) is 4.98 Å². The Morgan fingerprint density at radius 2 is 2.20 bits per heavy atom. The van der Waals surface area contributed by atoms with E-state index in [9.17, 15) is 8.42 Å². The van der Waals surface area contributed by atoms with E-state index in [0.29, 0.717) is 24.9 Å².